The number of aromatic amines is 1. The second-order valence-electron chi connectivity index (χ2n) is 6.43. The van der Waals surface area contributed by atoms with E-state index in [-0.39, 0.29) is 0 Å². The van der Waals surface area contributed by atoms with Gasteiger partial charge in [0.25, 0.3) is 0 Å². The van der Waals surface area contributed by atoms with Crippen molar-refractivity contribution in [2.24, 2.45) is 5.73 Å². The fourth-order valence-electron chi connectivity index (χ4n) is 3.20. The molecule has 1 amide bonds. The van der Waals surface area contributed by atoms with Crippen molar-refractivity contribution in [2.45, 2.75) is 0 Å². The number of carbonyl (C=O) groups is 1. The zero-order chi connectivity index (χ0) is 19.1. The molecule has 4 N–H and O–H groups in total. The summed E-state index contributed by atoms with van der Waals surface area (Å²) < 4.78 is 1.24. The third-order valence-corrected chi connectivity index (χ3v) is 5.71. The zero-order valence-corrected chi connectivity index (χ0v) is 15.5. The molecule has 0 fully saturated rings. The maximum Gasteiger partial charge on any atom is 0.250 e. The molecule has 0 unspecified atom stereocenters. The van der Waals surface area contributed by atoms with Crippen LogP contribution in [0.5, 0.6) is 0 Å². The minimum atomic E-state index is -0.495. The van der Waals surface area contributed by atoms with Gasteiger partial charge >= 0.3 is 0 Å². The Morgan fingerprint density at radius 3 is 2.71 bits per heavy atom. The first-order valence-electron chi connectivity index (χ1n) is 8.66. The van der Waals surface area contributed by atoms with Crippen molar-refractivity contribution in [3.05, 3.63) is 72.6 Å². The molecule has 0 aliphatic carbocycles. The number of fused-ring (bicyclic) bond motifs is 2. The summed E-state index contributed by atoms with van der Waals surface area (Å²) in [4.78, 5) is 16.6. The number of primary amides is 1. The summed E-state index contributed by atoms with van der Waals surface area (Å²) in [6, 6.07) is 18.0. The molecule has 7 heteroatoms. The van der Waals surface area contributed by atoms with E-state index >= 15 is 0 Å². The number of nitrogens with one attached hydrogen (secondary N) is 2. The molecule has 3 aromatic heterocycles. The predicted octanol–water partition coefficient (Wildman–Crippen LogP) is 4.68. The van der Waals surface area contributed by atoms with Crippen molar-refractivity contribution < 1.29 is 4.79 Å². The Balaban J connectivity index is 1.58. The van der Waals surface area contributed by atoms with E-state index in [2.05, 4.69) is 44.8 Å². The van der Waals surface area contributed by atoms with Crippen LogP contribution in [0.2, 0.25) is 0 Å². The Bertz CT molecular complexity index is 1290. The number of thiophene rings is 1. The third kappa shape index (κ3) is 2.87. The van der Waals surface area contributed by atoms with Gasteiger partial charge in [0.1, 0.15) is 5.82 Å². The van der Waals surface area contributed by atoms with Crippen LogP contribution < -0.4 is 11.1 Å². The van der Waals surface area contributed by atoms with Crippen LogP contribution in [0.1, 0.15) is 10.4 Å². The number of nitrogens with zero attached hydrogens (tertiary/aromatic N) is 2. The average Bonchev–Trinajstić information content (AvgIpc) is 3.34. The predicted molar refractivity (Wildman–Crippen MR) is 113 cm³/mol. The number of amides is 1. The van der Waals surface area contributed by atoms with E-state index in [4.69, 9.17) is 5.73 Å². The number of aromatic nitrogens is 3. The van der Waals surface area contributed by atoms with Crippen LogP contribution in [-0.4, -0.2) is 21.1 Å². The lowest BCUT2D eigenvalue weighted by Crippen LogP contribution is -2.11. The second kappa shape index (κ2) is 6.47. The van der Waals surface area contributed by atoms with Gasteiger partial charge in [-0.1, -0.05) is 18.2 Å². The van der Waals surface area contributed by atoms with Gasteiger partial charge in [0.15, 0.2) is 0 Å². The largest absolute Gasteiger partial charge is 0.366 e. The minimum Gasteiger partial charge on any atom is -0.366 e. The van der Waals surface area contributed by atoms with E-state index in [1.807, 2.05) is 18.2 Å². The molecule has 5 aromatic rings. The fraction of sp³-hybridized carbons (Fsp3) is 0. The molecule has 3 heterocycles. The van der Waals surface area contributed by atoms with Crippen LogP contribution in [0.25, 0.3) is 31.4 Å². The van der Waals surface area contributed by atoms with Crippen molar-refractivity contribution >= 4 is 49.7 Å². The zero-order valence-electron chi connectivity index (χ0n) is 14.6. The number of benzene rings is 2. The highest BCUT2D eigenvalue weighted by Crippen LogP contribution is 2.38. The molecule has 6 nitrogen and oxygen atoms in total. The van der Waals surface area contributed by atoms with Crippen LogP contribution in [0, 0.1) is 0 Å². The highest BCUT2D eigenvalue weighted by molar-refractivity contribution is 7.22. The van der Waals surface area contributed by atoms with Gasteiger partial charge in [0.05, 0.1) is 17.3 Å². The SMILES string of the molecule is NC(=O)c1ccc(Nc2cc(-c3cc4ccccc4s3)c3[nH]ncc3c2)nc1. The van der Waals surface area contributed by atoms with E-state index in [9.17, 15) is 4.79 Å². The lowest BCUT2D eigenvalue weighted by atomic mass is 10.1. The normalized spacial score (nSPS) is 11.1. The lowest BCUT2D eigenvalue weighted by molar-refractivity contribution is 0.1000. The monoisotopic (exact) mass is 385 g/mol. The van der Waals surface area contributed by atoms with Crippen LogP contribution in [0.15, 0.2) is 67.0 Å². The molecule has 0 bridgehead atoms. The molecule has 0 atom stereocenters. The number of carbonyl (C=O) groups excluding carboxylic acids is 1. The molecular formula is C21H15N5OS. The van der Waals surface area contributed by atoms with Crippen LogP contribution in [0.3, 0.4) is 0 Å². The van der Waals surface area contributed by atoms with Crippen LogP contribution in [-0.2, 0) is 0 Å². The number of hydrogen-bond donors (Lipinski definition) is 3. The standard InChI is InChI=1S/C21H15N5OS/c22-21(27)13-5-6-19(23-10-13)25-15-7-14-11-24-26-20(14)16(9-15)18-8-12-3-1-2-4-17(12)28-18/h1-11H,(H2,22,27)(H,23,25)(H,24,26). The van der Waals surface area contributed by atoms with E-state index in [1.54, 1.807) is 29.7 Å². The molecule has 2 aromatic carbocycles. The summed E-state index contributed by atoms with van der Waals surface area (Å²) in [6.07, 6.45) is 3.27. The maximum atomic E-state index is 11.2. The number of rotatable bonds is 4. The van der Waals surface area contributed by atoms with E-state index in [1.165, 1.54) is 16.3 Å². The summed E-state index contributed by atoms with van der Waals surface area (Å²) in [5.74, 6) is 0.140. The fourth-order valence-corrected chi connectivity index (χ4v) is 4.29. The lowest BCUT2D eigenvalue weighted by Gasteiger charge is -2.09. The average molecular weight is 385 g/mol. The van der Waals surface area contributed by atoms with Crippen molar-refractivity contribution in [3.8, 4) is 10.4 Å². The number of hydrogen-bond acceptors (Lipinski definition) is 5. The van der Waals surface area contributed by atoms with Gasteiger partial charge in [0.2, 0.25) is 5.91 Å². The first kappa shape index (κ1) is 16.5. The minimum absolute atomic E-state index is 0.377. The Labute approximate surface area is 164 Å². The summed E-state index contributed by atoms with van der Waals surface area (Å²) in [6.45, 7) is 0. The molecule has 0 aliphatic rings. The van der Waals surface area contributed by atoms with Gasteiger partial charge in [-0.2, -0.15) is 5.10 Å². The molecule has 0 radical (unpaired) electrons. The number of nitrogens with two attached hydrogens (primary N) is 1. The van der Waals surface area contributed by atoms with E-state index in [0.29, 0.717) is 11.4 Å². The Kier molecular flexibility index (Phi) is 3.80. The first-order chi connectivity index (χ1) is 13.7. The molecular weight excluding hydrogens is 370 g/mol. The highest BCUT2D eigenvalue weighted by atomic mass is 32.1. The Hall–Kier alpha value is -3.71. The molecule has 0 aliphatic heterocycles. The molecule has 0 saturated heterocycles. The van der Waals surface area contributed by atoms with Gasteiger partial charge < -0.3 is 11.1 Å². The van der Waals surface area contributed by atoms with Crippen LogP contribution >= 0.6 is 11.3 Å². The van der Waals surface area contributed by atoms with Gasteiger partial charge in [-0.3, -0.25) is 9.89 Å². The summed E-state index contributed by atoms with van der Waals surface area (Å²) in [5, 5.41) is 12.8. The summed E-state index contributed by atoms with van der Waals surface area (Å²) in [5.41, 5.74) is 8.61. The Morgan fingerprint density at radius 2 is 1.93 bits per heavy atom. The van der Waals surface area contributed by atoms with Gasteiger partial charge in [-0.05, 0) is 41.8 Å². The van der Waals surface area contributed by atoms with Gasteiger partial charge in [-0.15, -0.1) is 11.3 Å². The quantitative estimate of drug-likeness (QED) is 0.418. The highest BCUT2D eigenvalue weighted by Gasteiger charge is 2.12. The van der Waals surface area contributed by atoms with E-state index < -0.39 is 5.91 Å². The molecule has 0 saturated carbocycles. The molecule has 5 rings (SSSR count). The number of anilines is 2. The van der Waals surface area contributed by atoms with Crippen LogP contribution in [0.4, 0.5) is 11.5 Å². The number of H-pyrrole nitrogens is 1. The van der Waals surface area contributed by atoms with Crippen molar-refractivity contribution in [2.75, 3.05) is 5.32 Å². The molecule has 136 valence electrons. The molecule has 0 spiro atoms. The van der Waals surface area contributed by atoms with E-state index in [0.717, 1.165) is 27.0 Å². The summed E-state index contributed by atoms with van der Waals surface area (Å²) >= 11 is 1.75. The number of pyridine rings is 1. The van der Waals surface area contributed by atoms with Crippen molar-refractivity contribution in [1.82, 2.24) is 15.2 Å². The van der Waals surface area contributed by atoms with Gasteiger partial charge in [-0.25, -0.2) is 4.98 Å². The van der Waals surface area contributed by atoms with Crippen molar-refractivity contribution in [1.29, 1.82) is 0 Å². The molecule has 28 heavy (non-hydrogen) atoms. The Morgan fingerprint density at radius 1 is 1.04 bits per heavy atom. The summed E-state index contributed by atoms with van der Waals surface area (Å²) in [7, 11) is 0. The second-order valence-corrected chi connectivity index (χ2v) is 7.51. The van der Waals surface area contributed by atoms with Crippen molar-refractivity contribution in [3.63, 3.8) is 0 Å². The maximum absolute atomic E-state index is 11.2. The first-order valence-corrected chi connectivity index (χ1v) is 9.48. The third-order valence-electron chi connectivity index (χ3n) is 4.56. The topological polar surface area (TPSA) is 96.7 Å². The smallest absolute Gasteiger partial charge is 0.250 e. The van der Waals surface area contributed by atoms with Gasteiger partial charge in [0, 0.05) is 32.4 Å².